The molecule has 0 rings (SSSR count). The van der Waals surface area contributed by atoms with E-state index in [9.17, 15) is 9.18 Å². The van der Waals surface area contributed by atoms with Gasteiger partial charge in [-0.2, -0.15) is 0 Å². The number of methoxy groups -OCH3 is 1. The predicted octanol–water partition coefficient (Wildman–Crippen LogP) is 0.674. The second kappa shape index (κ2) is 7.70. The summed E-state index contributed by atoms with van der Waals surface area (Å²) in [6.07, 6.45) is 0.513. The van der Waals surface area contributed by atoms with E-state index in [0.29, 0.717) is 0 Å². The Kier molecular flexibility index (Phi) is 7.14. The monoisotopic (exact) mass is 192 g/mol. The molecule has 0 amide bonds. The number of alkyl halides is 1. The Morgan fingerprint density at radius 3 is 2.85 bits per heavy atom. The van der Waals surface area contributed by atoms with Gasteiger partial charge in [-0.1, -0.05) is 6.08 Å². The summed E-state index contributed by atoms with van der Waals surface area (Å²) in [6.45, 7) is 2.61. The summed E-state index contributed by atoms with van der Waals surface area (Å²) in [5, 5.41) is 0. The number of hydrogen-bond acceptors (Lipinski definition) is 4. The van der Waals surface area contributed by atoms with Gasteiger partial charge in [-0.25, -0.2) is 9.18 Å². The van der Waals surface area contributed by atoms with Crippen molar-refractivity contribution in [1.29, 1.82) is 0 Å². The van der Waals surface area contributed by atoms with Crippen LogP contribution in [0.3, 0.4) is 0 Å². The Hall–Kier alpha value is -0.940. The van der Waals surface area contributed by atoms with E-state index in [-0.39, 0.29) is 13.2 Å². The van der Waals surface area contributed by atoms with Gasteiger partial charge in [-0.15, -0.1) is 6.58 Å². The minimum Gasteiger partial charge on any atom is -0.467 e. The molecule has 13 heavy (non-hydrogen) atoms. The number of hydrogen-bond donors (Lipinski definition) is 0. The molecule has 0 aromatic rings. The first-order valence-corrected chi connectivity index (χ1v) is 3.70. The average molecular weight is 192 g/mol. The molecule has 0 aliphatic rings. The van der Waals surface area contributed by atoms with E-state index in [1.54, 1.807) is 0 Å². The van der Waals surface area contributed by atoms with Gasteiger partial charge in [0.1, 0.15) is 0 Å². The van der Waals surface area contributed by atoms with Gasteiger partial charge in [0.2, 0.25) is 0 Å². The maximum Gasteiger partial charge on any atom is 0.337 e. The van der Waals surface area contributed by atoms with Gasteiger partial charge in [-0.3, -0.25) is 0 Å². The smallest absolute Gasteiger partial charge is 0.337 e. The van der Waals surface area contributed by atoms with Crippen LogP contribution in [-0.4, -0.2) is 39.3 Å². The fourth-order valence-electron chi connectivity index (χ4n) is 0.650. The molecule has 0 saturated heterocycles. The van der Waals surface area contributed by atoms with Crippen LogP contribution < -0.4 is 0 Å². The van der Waals surface area contributed by atoms with Crippen LogP contribution >= 0.6 is 0 Å². The topological polar surface area (TPSA) is 44.8 Å². The molecule has 76 valence electrons. The highest BCUT2D eigenvalue weighted by Crippen LogP contribution is 1.97. The fraction of sp³-hybridized carbons (Fsp3) is 0.625. The molecular weight excluding hydrogens is 179 g/mol. The van der Waals surface area contributed by atoms with Crippen LogP contribution in [0.5, 0.6) is 0 Å². The Labute approximate surface area is 76.3 Å². The van der Waals surface area contributed by atoms with E-state index in [2.05, 4.69) is 16.1 Å². The van der Waals surface area contributed by atoms with Crippen molar-refractivity contribution in [3.63, 3.8) is 0 Å². The van der Waals surface area contributed by atoms with E-state index in [1.165, 1.54) is 13.2 Å². The highest BCUT2D eigenvalue weighted by Gasteiger charge is 2.19. The van der Waals surface area contributed by atoms with Crippen molar-refractivity contribution < 1.29 is 23.4 Å². The Balaban J connectivity index is 3.79. The van der Waals surface area contributed by atoms with Crippen molar-refractivity contribution >= 4 is 5.97 Å². The van der Waals surface area contributed by atoms with Crippen molar-refractivity contribution in [2.24, 2.45) is 0 Å². The zero-order valence-corrected chi connectivity index (χ0v) is 7.49. The van der Waals surface area contributed by atoms with E-state index in [1.807, 2.05) is 0 Å². The zero-order chi connectivity index (χ0) is 10.1. The Morgan fingerprint density at radius 2 is 2.38 bits per heavy atom. The molecule has 1 unspecified atom stereocenters. The van der Waals surface area contributed by atoms with Crippen LogP contribution in [0.1, 0.15) is 0 Å². The molecule has 0 heterocycles. The number of carbonyl (C=O) groups excluding carboxylic acids is 1. The number of ether oxygens (including phenoxy) is 3. The fourth-order valence-corrected chi connectivity index (χ4v) is 0.650. The lowest BCUT2D eigenvalue weighted by Crippen LogP contribution is -2.30. The Morgan fingerprint density at radius 1 is 1.69 bits per heavy atom. The molecule has 0 spiro atoms. The molecule has 0 radical (unpaired) electrons. The SMILES string of the molecule is C=CCOCC(OCF)C(=O)OC. The van der Waals surface area contributed by atoms with Gasteiger partial charge < -0.3 is 14.2 Å². The van der Waals surface area contributed by atoms with Crippen LogP contribution in [0.25, 0.3) is 0 Å². The summed E-state index contributed by atoms with van der Waals surface area (Å²) >= 11 is 0. The van der Waals surface area contributed by atoms with Gasteiger partial charge in [0.05, 0.1) is 20.3 Å². The lowest BCUT2D eigenvalue weighted by Gasteiger charge is -2.12. The highest BCUT2D eigenvalue weighted by atomic mass is 19.1. The molecule has 0 aromatic carbocycles. The molecule has 0 aliphatic heterocycles. The van der Waals surface area contributed by atoms with E-state index in [0.717, 1.165) is 0 Å². The van der Waals surface area contributed by atoms with Gasteiger partial charge in [0.15, 0.2) is 13.0 Å². The van der Waals surface area contributed by atoms with Crippen LogP contribution in [0.4, 0.5) is 4.39 Å². The van der Waals surface area contributed by atoms with Gasteiger partial charge in [0.25, 0.3) is 0 Å². The number of esters is 1. The summed E-state index contributed by atoms with van der Waals surface area (Å²) in [7, 11) is 1.20. The first-order chi connectivity index (χ1) is 6.26. The first kappa shape index (κ1) is 12.1. The van der Waals surface area contributed by atoms with E-state index < -0.39 is 18.9 Å². The predicted molar refractivity (Wildman–Crippen MR) is 43.9 cm³/mol. The average Bonchev–Trinajstić information content (AvgIpc) is 2.16. The van der Waals surface area contributed by atoms with Crippen molar-refractivity contribution in [1.82, 2.24) is 0 Å². The third-order valence-electron chi connectivity index (χ3n) is 1.23. The largest absolute Gasteiger partial charge is 0.467 e. The first-order valence-electron chi connectivity index (χ1n) is 3.70. The molecule has 0 aromatic heterocycles. The molecular formula is C8H13FO4. The van der Waals surface area contributed by atoms with E-state index in [4.69, 9.17) is 4.74 Å². The van der Waals surface area contributed by atoms with Crippen LogP contribution in [0.2, 0.25) is 0 Å². The number of carbonyl (C=O) groups is 1. The molecule has 4 nitrogen and oxygen atoms in total. The maximum absolute atomic E-state index is 11.7. The Bertz CT molecular complexity index is 160. The summed E-state index contributed by atoms with van der Waals surface area (Å²) in [5.41, 5.74) is 0. The summed E-state index contributed by atoms with van der Waals surface area (Å²) < 4.78 is 25.5. The molecule has 0 bridgehead atoms. The zero-order valence-electron chi connectivity index (χ0n) is 7.49. The van der Waals surface area contributed by atoms with Crippen molar-refractivity contribution in [2.45, 2.75) is 6.10 Å². The molecule has 0 N–H and O–H groups in total. The molecule has 0 aliphatic carbocycles. The van der Waals surface area contributed by atoms with Gasteiger partial charge >= 0.3 is 5.97 Å². The molecule has 0 saturated carbocycles. The van der Waals surface area contributed by atoms with Crippen molar-refractivity contribution in [3.05, 3.63) is 12.7 Å². The second-order valence-corrected chi connectivity index (χ2v) is 2.11. The quantitative estimate of drug-likeness (QED) is 0.338. The number of rotatable bonds is 7. The van der Waals surface area contributed by atoms with Crippen LogP contribution in [-0.2, 0) is 19.0 Å². The highest BCUT2D eigenvalue weighted by molar-refractivity contribution is 5.74. The van der Waals surface area contributed by atoms with Crippen molar-refractivity contribution in [3.8, 4) is 0 Å². The molecule has 5 heteroatoms. The summed E-state index contributed by atoms with van der Waals surface area (Å²) in [4.78, 5) is 10.9. The normalized spacial score (nSPS) is 12.2. The second-order valence-electron chi connectivity index (χ2n) is 2.11. The van der Waals surface area contributed by atoms with Crippen molar-refractivity contribution in [2.75, 3.05) is 27.2 Å². The lowest BCUT2D eigenvalue weighted by molar-refractivity contribution is -0.161. The van der Waals surface area contributed by atoms with Crippen LogP contribution in [0, 0.1) is 0 Å². The third-order valence-corrected chi connectivity index (χ3v) is 1.23. The van der Waals surface area contributed by atoms with Gasteiger partial charge in [0, 0.05) is 0 Å². The van der Waals surface area contributed by atoms with Crippen LogP contribution in [0.15, 0.2) is 12.7 Å². The summed E-state index contributed by atoms with van der Waals surface area (Å²) in [6, 6.07) is 0. The van der Waals surface area contributed by atoms with E-state index >= 15 is 0 Å². The minimum absolute atomic E-state index is 0.0391. The maximum atomic E-state index is 11.7. The summed E-state index contributed by atoms with van der Waals surface area (Å²) in [5.74, 6) is -0.651. The lowest BCUT2D eigenvalue weighted by atomic mass is 10.4. The molecule has 1 atom stereocenters. The van der Waals surface area contributed by atoms with Gasteiger partial charge in [-0.05, 0) is 0 Å². The molecule has 0 fully saturated rings. The number of halogens is 1. The third kappa shape index (κ3) is 5.32. The minimum atomic E-state index is -1.04. The standard InChI is InChI=1S/C8H13FO4/c1-3-4-12-5-7(13-6-9)8(10)11-2/h3,7H,1,4-6H2,2H3.